The molecule has 2 N–H and O–H groups in total. The second-order valence-corrected chi connectivity index (χ2v) is 7.43. The van der Waals surface area contributed by atoms with Gasteiger partial charge in [0.25, 0.3) is 0 Å². The maximum Gasteiger partial charge on any atom is 0.240 e. The van der Waals surface area contributed by atoms with Gasteiger partial charge >= 0.3 is 0 Å². The van der Waals surface area contributed by atoms with Crippen LogP contribution in [0.25, 0.3) is 0 Å². The first-order chi connectivity index (χ1) is 9.53. The van der Waals surface area contributed by atoms with E-state index in [9.17, 15) is 8.42 Å². The molecule has 0 heterocycles. The number of hydrogen-bond donors (Lipinski definition) is 2. The van der Waals surface area contributed by atoms with Crippen LogP contribution in [0.3, 0.4) is 0 Å². The van der Waals surface area contributed by atoms with Crippen LogP contribution in [0.2, 0.25) is 0 Å². The van der Waals surface area contributed by atoms with Gasteiger partial charge in [-0.05, 0) is 62.4 Å². The van der Waals surface area contributed by atoms with Crippen molar-refractivity contribution in [1.29, 1.82) is 0 Å². The third-order valence-electron chi connectivity index (χ3n) is 3.92. The highest BCUT2D eigenvalue weighted by Gasteiger charge is 2.28. The summed E-state index contributed by atoms with van der Waals surface area (Å²) in [6.45, 7) is 3.54. The Kier molecular flexibility index (Phi) is 5.18. The highest BCUT2D eigenvalue weighted by Crippen LogP contribution is 2.36. The van der Waals surface area contributed by atoms with Crippen molar-refractivity contribution in [1.82, 2.24) is 10.0 Å². The Labute approximate surface area is 122 Å². The fraction of sp³-hybridized carbons (Fsp3) is 0.600. The lowest BCUT2D eigenvalue weighted by atomic mass is 10.1. The molecule has 0 amide bonds. The molecule has 1 unspecified atom stereocenters. The molecule has 0 saturated heterocycles. The van der Waals surface area contributed by atoms with E-state index in [2.05, 4.69) is 17.0 Å². The standard InChI is InChI=1S/C15H24N2O2S/c1-12(14-5-6-14)11-17-20(18,19)15-7-3-13(4-8-15)9-10-16-2/h3-4,7-8,12,14,16-17H,5-6,9-11H2,1-2H3. The molecule has 1 saturated carbocycles. The largest absolute Gasteiger partial charge is 0.319 e. The molecule has 0 bridgehead atoms. The summed E-state index contributed by atoms with van der Waals surface area (Å²) < 4.78 is 27.1. The minimum atomic E-state index is -3.36. The molecule has 0 aromatic heterocycles. The first-order valence-electron chi connectivity index (χ1n) is 7.26. The molecule has 1 aliphatic carbocycles. The van der Waals surface area contributed by atoms with E-state index in [-0.39, 0.29) is 0 Å². The van der Waals surface area contributed by atoms with E-state index in [0.29, 0.717) is 23.3 Å². The maximum absolute atomic E-state index is 12.2. The van der Waals surface area contributed by atoms with Crippen molar-refractivity contribution in [3.05, 3.63) is 29.8 Å². The second-order valence-electron chi connectivity index (χ2n) is 5.66. The predicted molar refractivity (Wildman–Crippen MR) is 81.1 cm³/mol. The zero-order chi connectivity index (χ0) is 14.6. The predicted octanol–water partition coefficient (Wildman–Crippen LogP) is 1.77. The zero-order valence-corrected chi connectivity index (χ0v) is 13.0. The Hall–Kier alpha value is -0.910. The van der Waals surface area contributed by atoms with Crippen molar-refractivity contribution < 1.29 is 8.42 Å². The van der Waals surface area contributed by atoms with Crippen molar-refractivity contribution in [2.45, 2.75) is 31.1 Å². The summed E-state index contributed by atoms with van der Waals surface area (Å²) in [5.41, 5.74) is 1.14. The molecule has 20 heavy (non-hydrogen) atoms. The number of sulfonamides is 1. The number of nitrogens with one attached hydrogen (secondary N) is 2. The summed E-state index contributed by atoms with van der Waals surface area (Å²) in [7, 11) is -1.46. The summed E-state index contributed by atoms with van der Waals surface area (Å²) in [5.74, 6) is 1.14. The zero-order valence-electron chi connectivity index (χ0n) is 12.2. The van der Waals surface area contributed by atoms with Crippen LogP contribution >= 0.6 is 0 Å². The normalized spacial score (nSPS) is 17.1. The minimum Gasteiger partial charge on any atom is -0.319 e. The van der Waals surface area contributed by atoms with Crippen LogP contribution in [-0.2, 0) is 16.4 Å². The van der Waals surface area contributed by atoms with E-state index >= 15 is 0 Å². The SMILES string of the molecule is CNCCc1ccc(S(=O)(=O)NCC(C)C2CC2)cc1. The Bertz CT molecular complexity index is 521. The average Bonchev–Trinajstić information content (AvgIpc) is 3.27. The molecule has 1 fully saturated rings. The summed E-state index contributed by atoms with van der Waals surface area (Å²) in [6.07, 6.45) is 3.38. The first-order valence-corrected chi connectivity index (χ1v) is 8.74. The second kappa shape index (κ2) is 6.70. The average molecular weight is 296 g/mol. The Morgan fingerprint density at radius 2 is 1.90 bits per heavy atom. The van der Waals surface area contributed by atoms with Gasteiger partial charge in [0.2, 0.25) is 10.0 Å². The van der Waals surface area contributed by atoms with Gasteiger partial charge in [0.05, 0.1) is 4.90 Å². The number of rotatable bonds is 8. The summed E-state index contributed by atoms with van der Waals surface area (Å²) in [4.78, 5) is 0.355. The summed E-state index contributed by atoms with van der Waals surface area (Å²) in [6, 6.07) is 7.15. The van der Waals surface area contributed by atoms with Gasteiger partial charge in [-0.2, -0.15) is 0 Å². The van der Waals surface area contributed by atoms with Gasteiger partial charge < -0.3 is 5.32 Å². The lowest BCUT2D eigenvalue weighted by molar-refractivity contribution is 0.492. The molecule has 1 aromatic rings. The number of benzene rings is 1. The van der Waals surface area contributed by atoms with E-state index in [1.54, 1.807) is 12.1 Å². The lowest BCUT2D eigenvalue weighted by Crippen LogP contribution is -2.29. The lowest BCUT2D eigenvalue weighted by Gasteiger charge is -2.12. The number of hydrogen-bond acceptors (Lipinski definition) is 3. The van der Waals surface area contributed by atoms with E-state index in [4.69, 9.17) is 0 Å². The van der Waals surface area contributed by atoms with Gasteiger partial charge in [-0.1, -0.05) is 19.1 Å². The Morgan fingerprint density at radius 3 is 2.45 bits per heavy atom. The summed E-state index contributed by atoms with van der Waals surface area (Å²) in [5, 5.41) is 3.08. The molecule has 4 nitrogen and oxygen atoms in total. The maximum atomic E-state index is 12.2. The van der Waals surface area contributed by atoms with Gasteiger partial charge in [-0.25, -0.2) is 13.1 Å². The van der Waals surface area contributed by atoms with Crippen LogP contribution in [0.15, 0.2) is 29.2 Å². The first kappa shape index (κ1) is 15.5. The highest BCUT2D eigenvalue weighted by atomic mass is 32.2. The van der Waals surface area contributed by atoms with Gasteiger partial charge in [0.15, 0.2) is 0 Å². The fourth-order valence-electron chi connectivity index (χ4n) is 2.26. The van der Waals surface area contributed by atoms with Gasteiger partial charge in [0.1, 0.15) is 0 Å². The molecule has 1 aliphatic rings. The van der Waals surface area contributed by atoms with Crippen LogP contribution in [0.5, 0.6) is 0 Å². The highest BCUT2D eigenvalue weighted by molar-refractivity contribution is 7.89. The number of likely N-dealkylation sites (N-methyl/N-ethyl adjacent to an activating group) is 1. The van der Waals surface area contributed by atoms with E-state index in [0.717, 1.165) is 18.5 Å². The van der Waals surface area contributed by atoms with E-state index < -0.39 is 10.0 Å². The molecule has 2 rings (SSSR count). The molecule has 1 aromatic carbocycles. The molecule has 0 radical (unpaired) electrons. The van der Waals surface area contributed by atoms with Crippen LogP contribution in [0.1, 0.15) is 25.3 Å². The van der Waals surface area contributed by atoms with Gasteiger partial charge in [-0.15, -0.1) is 0 Å². The van der Waals surface area contributed by atoms with Crippen LogP contribution in [0.4, 0.5) is 0 Å². The smallest absolute Gasteiger partial charge is 0.240 e. The van der Waals surface area contributed by atoms with Gasteiger partial charge in [0, 0.05) is 6.54 Å². The molecule has 1 atom stereocenters. The van der Waals surface area contributed by atoms with Crippen molar-refractivity contribution in [3.63, 3.8) is 0 Å². The monoisotopic (exact) mass is 296 g/mol. The quantitative estimate of drug-likeness (QED) is 0.769. The minimum absolute atomic E-state index is 0.355. The van der Waals surface area contributed by atoms with Crippen molar-refractivity contribution >= 4 is 10.0 Å². The molecule has 5 heteroatoms. The molecular formula is C15H24N2O2S. The van der Waals surface area contributed by atoms with E-state index in [1.165, 1.54) is 12.8 Å². The van der Waals surface area contributed by atoms with E-state index in [1.807, 2.05) is 19.2 Å². The van der Waals surface area contributed by atoms with Crippen molar-refractivity contribution in [2.24, 2.45) is 11.8 Å². The summed E-state index contributed by atoms with van der Waals surface area (Å²) >= 11 is 0. The van der Waals surface area contributed by atoms with Crippen LogP contribution in [-0.4, -0.2) is 28.6 Å². The van der Waals surface area contributed by atoms with Crippen molar-refractivity contribution in [2.75, 3.05) is 20.1 Å². The van der Waals surface area contributed by atoms with Gasteiger partial charge in [-0.3, -0.25) is 0 Å². The molecule has 0 spiro atoms. The Balaban J connectivity index is 1.93. The third-order valence-corrected chi connectivity index (χ3v) is 5.36. The fourth-order valence-corrected chi connectivity index (χ4v) is 3.40. The molecule has 112 valence electrons. The Morgan fingerprint density at radius 1 is 1.25 bits per heavy atom. The van der Waals surface area contributed by atoms with Crippen LogP contribution in [0, 0.1) is 11.8 Å². The third kappa shape index (κ3) is 4.30. The molecular weight excluding hydrogens is 272 g/mol. The topological polar surface area (TPSA) is 58.2 Å². The van der Waals surface area contributed by atoms with Crippen LogP contribution < -0.4 is 10.0 Å². The molecule has 0 aliphatic heterocycles. The van der Waals surface area contributed by atoms with Crippen molar-refractivity contribution in [3.8, 4) is 0 Å².